The molecule has 8 rings (SSSR count). The fourth-order valence-corrected chi connectivity index (χ4v) is 6.66. The van der Waals surface area contributed by atoms with Gasteiger partial charge in [0.25, 0.3) is 5.91 Å². The van der Waals surface area contributed by atoms with Crippen molar-refractivity contribution in [2.75, 3.05) is 4.90 Å². The summed E-state index contributed by atoms with van der Waals surface area (Å²) in [6, 6.07) is 44.1. The lowest BCUT2D eigenvalue weighted by Crippen LogP contribution is -2.31. The van der Waals surface area contributed by atoms with Crippen molar-refractivity contribution in [3.8, 4) is 39.1 Å². The minimum atomic E-state index is -0.404. The van der Waals surface area contributed by atoms with Crippen LogP contribution in [0.3, 0.4) is 0 Å². The second-order valence-corrected chi connectivity index (χ2v) is 11.9. The number of anilines is 1. The van der Waals surface area contributed by atoms with E-state index in [0.717, 1.165) is 60.8 Å². The first kappa shape index (κ1) is 29.7. The summed E-state index contributed by atoms with van der Waals surface area (Å²) >= 11 is 0. The zero-order chi connectivity index (χ0) is 33.3. The fraction of sp³-hybridized carbons (Fsp3) is 0.0233. The molecule has 2 amide bonds. The summed E-state index contributed by atoms with van der Waals surface area (Å²) in [5, 5.41) is 2.11. The molecule has 0 saturated heterocycles. The summed E-state index contributed by atoms with van der Waals surface area (Å²) in [7, 11) is 0. The normalized spacial score (nSPS) is 11.1. The molecule has 0 aliphatic heterocycles. The average Bonchev–Trinajstić information content (AvgIpc) is 3.49. The van der Waals surface area contributed by atoms with Crippen molar-refractivity contribution in [2.24, 2.45) is 0 Å². The van der Waals surface area contributed by atoms with Crippen LogP contribution in [0.25, 0.3) is 60.9 Å². The monoisotopic (exact) mass is 634 g/mol. The Morgan fingerprint density at radius 3 is 1.69 bits per heavy atom. The van der Waals surface area contributed by atoms with Gasteiger partial charge in [-0.25, -0.2) is 4.90 Å². The number of rotatable bonds is 7. The van der Waals surface area contributed by atoms with Crippen LogP contribution >= 0.6 is 0 Å². The SMILES string of the molecule is Cc1cccc(-n2c3cc(-c4ccncc4)ccc3c3ccc(-c4ccncc4)cc32)c1C(=O)N(C=O)c1cccc(-c2ccccc2)c1. The number of carbonyl (C=O) groups excluding carboxylic acids is 2. The molecule has 0 unspecified atom stereocenters. The molecule has 3 heterocycles. The third kappa shape index (κ3) is 5.35. The lowest BCUT2D eigenvalue weighted by Gasteiger charge is -2.21. The molecule has 6 nitrogen and oxygen atoms in total. The van der Waals surface area contributed by atoms with Gasteiger partial charge in [-0.3, -0.25) is 19.6 Å². The first-order chi connectivity index (χ1) is 24.1. The second-order valence-electron chi connectivity index (χ2n) is 11.9. The largest absolute Gasteiger partial charge is 0.308 e. The van der Waals surface area contributed by atoms with E-state index in [1.54, 1.807) is 30.9 Å². The number of nitrogens with zero attached hydrogens (tertiary/aromatic N) is 4. The number of hydrogen-bond acceptors (Lipinski definition) is 4. The molecule has 5 aromatic carbocycles. The number of hydrogen-bond donors (Lipinski definition) is 0. The molecule has 3 aromatic heterocycles. The number of carbonyl (C=O) groups is 2. The summed E-state index contributed by atoms with van der Waals surface area (Å²) in [6.07, 6.45) is 7.75. The molecule has 8 aromatic rings. The summed E-state index contributed by atoms with van der Waals surface area (Å²) in [4.78, 5) is 37.1. The lowest BCUT2D eigenvalue weighted by molar-refractivity contribution is -0.106. The summed E-state index contributed by atoms with van der Waals surface area (Å²) in [5.41, 5.74) is 10.3. The van der Waals surface area contributed by atoms with E-state index < -0.39 is 5.91 Å². The Kier molecular flexibility index (Phi) is 7.59. The summed E-state index contributed by atoms with van der Waals surface area (Å²) in [6.45, 7) is 1.92. The Labute approximate surface area is 283 Å². The quantitative estimate of drug-likeness (QED) is 0.164. The molecule has 0 fully saturated rings. The van der Waals surface area contributed by atoms with Gasteiger partial charge in [-0.05, 0) is 100 Å². The number of aromatic nitrogens is 3. The molecule has 234 valence electrons. The average molecular weight is 635 g/mol. The Morgan fingerprint density at radius 2 is 1.10 bits per heavy atom. The van der Waals surface area contributed by atoms with E-state index in [1.807, 2.05) is 97.9 Å². The molecular weight excluding hydrogens is 604 g/mol. The van der Waals surface area contributed by atoms with Crippen LogP contribution in [0.4, 0.5) is 5.69 Å². The van der Waals surface area contributed by atoms with Crippen molar-refractivity contribution in [2.45, 2.75) is 6.92 Å². The van der Waals surface area contributed by atoms with Crippen molar-refractivity contribution in [3.63, 3.8) is 0 Å². The van der Waals surface area contributed by atoms with E-state index in [4.69, 9.17) is 0 Å². The molecule has 0 radical (unpaired) electrons. The van der Waals surface area contributed by atoms with Crippen LogP contribution in [0.2, 0.25) is 0 Å². The van der Waals surface area contributed by atoms with Crippen LogP contribution in [0.5, 0.6) is 0 Å². The van der Waals surface area contributed by atoms with Crippen LogP contribution < -0.4 is 4.90 Å². The molecule has 49 heavy (non-hydrogen) atoms. The molecular formula is C43H30N4O2. The minimum Gasteiger partial charge on any atom is -0.308 e. The topological polar surface area (TPSA) is 68.1 Å². The maximum Gasteiger partial charge on any atom is 0.267 e. The summed E-state index contributed by atoms with van der Waals surface area (Å²) in [5.74, 6) is -0.404. The van der Waals surface area contributed by atoms with Crippen LogP contribution in [-0.2, 0) is 4.79 Å². The Morgan fingerprint density at radius 1 is 0.571 bits per heavy atom. The van der Waals surface area contributed by atoms with Gasteiger partial charge >= 0.3 is 0 Å². The third-order valence-corrected chi connectivity index (χ3v) is 9.06. The van der Waals surface area contributed by atoms with E-state index in [0.29, 0.717) is 23.3 Å². The smallest absolute Gasteiger partial charge is 0.267 e. The van der Waals surface area contributed by atoms with Gasteiger partial charge in [-0.15, -0.1) is 0 Å². The van der Waals surface area contributed by atoms with Crippen molar-refractivity contribution < 1.29 is 9.59 Å². The minimum absolute atomic E-state index is 0.404. The molecule has 6 heteroatoms. The summed E-state index contributed by atoms with van der Waals surface area (Å²) < 4.78 is 2.16. The standard InChI is InChI=1S/C43H30N4O2/c1-29-7-5-12-39(42(29)43(49)46(28-48)36-11-6-10-33(25-36)30-8-3-2-4-9-30)47-40-26-34(31-17-21-44-22-18-31)13-15-37(40)38-16-14-35(27-41(38)47)32-19-23-45-24-20-32/h2-28H,1H3. The zero-order valence-electron chi connectivity index (χ0n) is 26.7. The van der Waals surface area contributed by atoms with Gasteiger partial charge in [0.05, 0.1) is 28.0 Å². The maximum absolute atomic E-state index is 14.7. The van der Waals surface area contributed by atoms with Crippen molar-refractivity contribution >= 4 is 39.8 Å². The number of amides is 2. The molecule has 0 N–H and O–H groups in total. The van der Waals surface area contributed by atoms with Gasteiger partial charge in [-0.1, -0.05) is 78.9 Å². The van der Waals surface area contributed by atoms with Gasteiger partial charge in [0.2, 0.25) is 6.41 Å². The number of imide groups is 1. The van der Waals surface area contributed by atoms with Crippen molar-refractivity contribution in [3.05, 3.63) is 169 Å². The fourth-order valence-electron chi connectivity index (χ4n) is 6.66. The van der Waals surface area contributed by atoms with E-state index in [1.165, 1.54) is 4.90 Å². The van der Waals surface area contributed by atoms with E-state index in [-0.39, 0.29) is 0 Å². The van der Waals surface area contributed by atoms with Crippen LogP contribution in [0, 0.1) is 6.92 Å². The molecule has 0 bridgehead atoms. The first-order valence-corrected chi connectivity index (χ1v) is 16.0. The number of pyridine rings is 2. The third-order valence-electron chi connectivity index (χ3n) is 9.06. The Bertz CT molecular complexity index is 2390. The van der Waals surface area contributed by atoms with Gasteiger partial charge < -0.3 is 4.57 Å². The maximum atomic E-state index is 14.7. The highest BCUT2D eigenvalue weighted by Crippen LogP contribution is 2.38. The number of benzene rings is 5. The van der Waals surface area contributed by atoms with Crippen LogP contribution in [0.1, 0.15) is 15.9 Å². The highest BCUT2D eigenvalue weighted by Gasteiger charge is 2.25. The molecule has 0 aliphatic rings. The van der Waals surface area contributed by atoms with Crippen LogP contribution in [0.15, 0.2) is 158 Å². The highest BCUT2D eigenvalue weighted by atomic mass is 16.2. The van der Waals surface area contributed by atoms with Gasteiger partial charge in [-0.2, -0.15) is 0 Å². The van der Waals surface area contributed by atoms with E-state index in [9.17, 15) is 9.59 Å². The van der Waals surface area contributed by atoms with Crippen molar-refractivity contribution in [1.82, 2.24) is 14.5 Å². The van der Waals surface area contributed by atoms with Crippen LogP contribution in [-0.4, -0.2) is 26.9 Å². The van der Waals surface area contributed by atoms with Gasteiger partial charge in [0, 0.05) is 35.6 Å². The van der Waals surface area contributed by atoms with Gasteiger partial charge in [0.1, 0.15) is 0 Å². The first-order valence-electron chi connectivity index (χ1n) is 16.0. The Balaban J connectivity index is 1.35. The Hall–Kier alpha value is -6.66. The number of aryl methyl sites for hydroxylation is 1. The van der Waals surface area contributed by atoms with E-state index in [2.05, 4.69) is 50.9 Å². The molecule has 0 spiro atoms. The second kappa shape index (κ2) is 12.5. The lowest BCUT2D eigenvalue weighted by atomic mass is 10.0. The molecule has 0 atom stereocenters. The van der Waals surface area contributed by atoms with Crippen molar-refractivity contribution in [1.29, 1.82) is 0 Å². The van der Waals surface area contributed by atoms with E-state index >= 15 is 0 Å². The van der Waals surface area contributed by atoms with Gasteiger partial charge in [0.15, 0.2) is 0 Å². The zero-order valence-corrected chi connectivity index (χ0v) is 26.7. The predicted octanol–water partition coefficient (Wildman–Crippen LogP) is 9.69. The number of fused-ring (bicyclic) bond motifs is 3. The highest BCUT2D eigenvalue weighted by molar-refractivity contribution is 6.19. The molecule has 0 saturated carbocycles. The molecule has 0 aliphatic carbocycles. The predicted molar refractivity (Wildman–Crippen MR) is 197 cm³/mol.